The first-order valence-corrected chi connectivity index (χ1v) is 5.65. The molecule has 3 N–H and O–H groups in total. The molecule has 0 saturated heterocycles. The van der Waals surface area contributed by atoms with E-state index in [1.807, 2.05) is 0 Å². The summed E-state index contributed by atoms with van der Waals surface area (Å²) in [5.41, 5.74) is 6.26. The average molecular weight is 227 g/mol. The molecule has 0 bridgehead atoms. The molecule has 0 amide bonds. The standard InChI is InChI=1S/C10H15ClN4/c11-10-14-6-8(12)9(15-10)13-5-4-7-2-1-3-7/h6-7H,1-5,12H2,(H,13,14,15). The minimum atomic E-state index is 0.232. The number of hydrogen-bond donors (Lipinski definition) is 2. The van der Waals surface area contributed by atoms with Gasteiger partial charge in [0, 0.05) is 6.54 Å². The summed E-state index contributed by atoms with van der Waals surface area (Å²) >= 11 is 5.68. The number of nitrogen functional groups attached to an aromatic ring is 1. The molecule has 5 heteroatoms. The first kappa shape index (κ1) is 10.5. The monoisotopic (exact) mass is 226 g/mol. The molecule has 0 radical (unpaired) electrons. The average Bonchev–Trinajstić information content (AvgIpc) is 2.15. The maximum absolute atomic E-state index is 5.71. The molecule has 1 aromatic rings. The van der Waals surface area contributed by atoms with E-state index in [1.165, 1.54) is 31.9 Å². The first-order valence-electron chi connectivity index (χ1n) is 5.27. The Bertz CT molecular complexity index is 338. The smallest absolute Gasteiger partial charge is 0.224 e. The Labute approximate surface area is 94.2 Å². The largest absolute Gasteiger partial charge is 0.394 e. The van der Waals surface area contributed by atoms with Gasteiger partial charge in [-0.3, -0.25) is 0 Å². The van der Waals surface area contributed by atoms with E-state index in [0.717, 1.165) is 12.5 Å². The van der Waals surface area contributed by atoms with Gasteiger partial charge < -0.3 is 11.1 Å². The third kappa shape index (κ3) is 2.72. The normalized spacial score (nSPS) is 16.1. The van der Waals surface area contributed by atoms with Crippen LogP contribution in [0.15, 0.2) is 6.20 Å². The number of nitrogens with one attached hydrogen (secondary N) is 1. The fraction of sp³-hybridized carbons (Fsp3) is 0.600. The van der Waals surface area contributed by atoms with Crippen molar-refractivity contribution in [3.63, 3.8) is 0 Å². The number of aromatic nitrogens is 2. The van der Waals surface area contributed by atoms with E-state index in [4.69, 9.17) is 17.3 Å². The van der Waals surface area contributed by atoms with E-state index in [0.29, 0.717) is 11.5 Å². The van der Waals surface area contributed by atoms with Crippen LogP contribution in [0, 0.1) is 5.92 Å². The van der Waals surface area contributed by atoms with Crippen LogP contribution >= 0.6 is 11.6 Å². The molecule has 82 valence electrons. The maximum atomic E-state index is 5.71. The van der Waals surface area contributed by atoms with Gasteiger partial charge in [0.05, 0.1) is 11.9 Å². The lowest BCUT2D eigenvalue weighted by Crippen LogP contribution is -2.16. The summed E-state index contributed by atoms with van der Waals surface area (Å²) in [7, 11) is 0. The topological polar surface area (TPSA) is 63.8 Å². The Morgan fingerprint density at radius 3 is 3.00 bits per heavy atom. The van der Waals surface area contributed by atoms with Crippen molar-refractivity contribution < 1.29 is 0 Å². The summed E-state index contributed by atoms with van der Waals surface area (Å²) in [6, 6.07) is 0. The summed E-state index contributed by atoms with van der Waals surface area (Å²) in [4.78, 5) is 7.83. The third-order valence-corrected chi connectivity index (χ3v) is 3.04. The highest BCUT2D eigenvalue weighted by Crippen LogP contribution is 2.29. The Hall–Kier alpha value is -1.03. The van der Waals surface area contributed by atoms with Gasteiger partial charge in [0.2, 0.25) is 5.28 Å². The second kappa shape index (κ2) is 4.66. The van der Waals surface area contributed by atoms with Gasteiger partial charge in [0.1, 0.15) is 0 Å². The minimum absolute atomic E-state index is 0.232. The molecular weight excluding hydrogens is 212 g/mol. The molecule has 2 rings (SSSR count). The van der Waals surface area contributed by atoms with Crippen LogP contribution in [0.1, 0.15) is 25.7 Å². The van der Waals surface area contributed by atoms with E-state index in [2.05, 4.69) is 15.3 Å². The molecule has 4 nitrogen and oxygen atoms in total. The molecule has 1 aromatic heterocycles. The summed E-state index contributed by atoms with van der Waals surface area (Å²) in [5.74, 6) is 1.53. The van der Waals surface area contributed by atoms with Crippen LogP contribution in [0.5, 0.6) is 0 Å². The van der Waals surface area contributed by atoms with Gasteiger partial charge in [-0.2, -0.15) is 4.98 Å². The molecule has 15 heavy (non-hydrogen) atoms. The van der Waals surface area contributed by atoms with E-state index >= 15 is 0 Å². The first-order chi connectivity index (χ1) is 7.25. The van der Waals surface area contributed by atoms with Crippen molar-refractivity contribution >= 4 is 23.1 Å². The van der Waals surface area contributed by atoms with Crippen molar-refractivity contribution in [3.05, 3.63) is 11.5 Å². The molecule has 1 fully saturated rings. The highest BCUT2D eigenvalue weighted by atomic mass is 35.5. The van der Waals surface area contributed by atoms with E-state index in [1.54, 1.807) is 0 Å². The van der Waals surface area contributed by atoms with E-state index < -0.39 is 0 Å². The number of nitrogens with zero attached hydrogens (tertiary/aromatic N) is 2. The Morgan fingerprint density at radius 2 is 2.33 bits per heavy atom. The fourth-order valence-electron chi connectivity index (χ4n) is 1.69. The predicted octanol–water partition coefficient (Wildman–Crippen LogP) is 2.31. The minimum Gasteiger partial charge on any atom is -0.394 e. The van der Waals surface area contributed by atoms with Gasteiger partial charge in [0.15, 0.2) is 5.82 Å². The van der Waals surface area contributed by atoms with Crippen LogP contribution in [0.4, 0.5) is 11.5 Å². The van der Waals surface area contributed by atoms with Crippen molar-refractivity contribution in [2.24, 2.45) is 5.92 Å². The van der Waals surface area contributed by atoms with Crippen molar-refractivity contribution in [2.45, 2.75) is 25.7 Å². The Morgan fingerprint density at radius 1 is 1.53 bits per heavy atom. The molecule has 0 aromatic carbocycles. The zero-order valence-corrected chi connectivity index (χ0v) is 9.30. The zero-order valence-electron chi connectivity index (χ0n) is 8.54. The Kier molecular flexibility index (Phi) is 3.26. The molecule has 1 aliphatic carbocycles. The van der Waals surface area contributed by atoms with Crippen LogP contribution in [0.2, 0.25) is 5.28 Å². The van der Waals surface area contributed by atoms with Crippen LogP contribution in [-0.2, 0) is 0 Å². The quantitative estimate of drug-likeness (QED) is 0.774. The molecule has 0 atom stereocenters. The second-order valence-electron chi connectivity index (χ2n) is 3.96. The van der Waals surface area contributed by atoms with Gasteiger partial charge in [-0.15, -0.1) is 0 Å². The third-order valence-electron chi connectivity index (χ3n) is 2.86. The van der Waals surface area contributed by atoms with Crippen molar-refractivity contribution in [1.29, 1.82) is 0 Å². The molecule has 0 aliphatic heterocycles. The molecular formula is C10H15ClN4. The van der Waals surface area contributed by atoms with Crippen LogP contribution in [0.25, 0.3) is 0 Å². The molecule has 1 aliphatic rings. The number of halogens is 1. The summed E-state index contributed by atoms with van der Waals surface area (Å²) in [6.45, 7) is 0.905. The summed E-state index contributed by atoms with van der Waals surface area (Å²) in [5, 5.41) is 3.42. The molecule has 0 spiro atoms. The highest BCUT2D eigenvalue weighted by Gasteiger charge is 2.16. The Balaban J connectivity index is 1.83. The van der Waals surface area contributed by atoms with Crippen LogP contribution < -0.4 is 11.1 Å². The summed E-state index contributed by atoms with van der Waals surface area (Å²) < 4.78 is 0. The number of rotatable bonds is 4. The molecule has 1 heterocycles. The number of anilines is 2. The highest BCUT2D eigenvalue weighted by molar-refractivity contribution is 6.28. The van der Waals surface area contributed by atoms with Crippen molar-refractivity contribution in [2.75, 3.05) is 17.6 Å². The lowest BCUT2D eigenvalue weighted by molar-refractivity contribution is 0.303. The van der Waals surface area contributed by atoms with Crippen LogP contribution in [0.3, 0.4) is 0 Å². The lowest BCUT2D eigenvalue weighted by Gasteiger charge is -2.25. The molecule has 1 saturated carbocycles. The zero-order chi connectivity index (χ0) is 10.7. The molecule has 0 unspecified atom stereocenters. The van der Waals surface area contributed by atoms with Gasteiger partial charge in [-0.05, 0) is 23.9 Å². The SMILES string of the molecule is Nc1cnc(Cl)nc1NCCC1CCC1. The number of nitrogens with two attached hydrogens (primary N) is 1. The predicted molar refractivity (Wildman–Crippen MR) is 61.9 cm³/mol. The van der Waals surface area contributed by atoms with Crippen LogP contribution in [-0.4, -0.2) is 16.5 Å². The summed E-state index contributed by atoms with van der Waals surface area (Å²) in [6.07, 6.45) is 6.82. The van der Waals surface area contributed by atoms with E-state index in [-0.39, 0.29) is 5.28 Å². The van der Waals surface area contributed by atoms with Gasteiger partial charge >= 0.3 is 0 Å². The van der Waals surface area contributed by atoms with Gasteiger partial charge in [-0.1, -0.05) is 19.3 Å². The van der Waals surface area contributed by atoms with Crippen molar-refractivity contribution in [3.8, 4) is 0 Å². The van der Waals surface area contributed by atoms with E-state index in [9.17, 15) is 0 Å². The number of hydrogen-bond acceptors (Lipinski definition) is 4. The van der Waals surface area contributed by atoms with Crippen molar-refractivity contribution in [1.82, 2.24) is 9.97 Å². The van der Waals surface area contributed by atoms with Gasteiger partial charge in [0.25, 0.3) is 0 Å². The maximum Gasteiger partial charge on any atom is 0.224 e. The lowest BCUT2D eigenvalue weighted by atomic mass is 9.83. The second-order valence-corrected chi connectivity index (χ2v) is 4.29. The van der Waals surface area contributed by atoms with Gasteiger partial charge in [-0.25, -0.2) is 4.98 Å². The fourth-order valence-corrected chi connectivity index (χ4v) is 1.82.